The van der Waals surface area contributed by atoms with Crippen molar-refractivity contribution in [1.82, 2.24) is 4.90 Å². The first-order valence-electron chi connectivity index (χ1n) is 9.00. The van der Waals surface area contributed by atoms with Crippen molar-refractivity contribution in [3.05, 3.63) is 80.7 Å². The van der Waals surface area contributed by atoms with Crippen molar-refractivity contribution in [1.29, 1.82) is 0 Å². The first-order valence-corrected chi connectivity index (χ1v) is 9.00. The highest BCUT2D eigenvalue weighted by Gasteiger charge is 2.36. The Morgan fingerprint density at radius 1 is 1.00 bits per heavy atom. The number of benzene rings is 2. The van der Waals surface area contributed by atoms with Crippen LogP contribution in [0.4, 0.5) is 0 Å². The van der Waals surface area contributed by atoms with Crippen LogP contribution in [0.1, 0.15) is 37.4 Å². The number of nitrogens with zero attached hydrogens (tertiary/aromatic N) is 1. The van der Waals surface area contributed by atoms with Crippen LogP contribution in [0, 0.1) is 13.8 Å². The van der Waals surface area contributed by atoms with Gasteiger partial charge in [-0.2, -0.15) is 0 Å². The van der Waals surface area contributed by atoms with Gasteiger partial charge in [0.05, 0.1) is 11.1 Å². The van der Waals surface area contributed by atoms with Crippen molar-refractivity contribution in [3.8, 4) is 0 Å². The van der Waals surface area contributed by atoms with Crippen molar-refractivity contribution < 1.29 is 23.5 Å². The zero-order valence-electron chi connectivity index (χ0n) is 15.9. The summed E-state index contributed by atoms with van der Waals surface area (Å²) in [6, 6.07) is 11.4. The lowest BCUT2D eigenvalue weighted by molar-refractivity contribution is -0.145. The normalized spacial score (nSPS) is 13.1. The summed E-state index contributed by atoms with van der Waals surface area (Å²) in [5.74, 6) is -1.80. The third-order valence-corrected chi connectivity index (χ3v) is 5.07. The smallest absolute Gasteiger partial charge is 0.336 e. The van der Waals surface area contributed by atoms with Gasteiger partial charge in [-0.25, -0.2) is 4.79 Å². The van der Waals surface area contributed by atoms with E-state index in [4.69, 9.17) is 9.15 Å². The van der Waals surface area contributed by atoms with Gasteiger partial charge in [0, 0.05) is 17.0 Å². The van der Waals surface area contributed by atoms with Crippen molar-refractivity contribution in [3.63, 3.8) is 0 Å². The number of rotatable bonds is 4. The molecule has 7 nitrogen and oxygen atoms in total. The molecule has 2 amide bonds. The van der Waals surface area contributed by atoms with Gasteiger partial charge in [-0.05, 0) is 37.1 Å². The monoisotopic (exact) mass is 391 g/mol. The number of hydrogen-bond donors (Lipinski definition) is 0. The molecule has 0 N–H and O–H groups in total. The maximum Gasteiger partial charge on any atom is 0.336 e. The van der Waals surface area contributed by atoms with Gasteiger partial charge in [-0.15, -0.1) is 0 Å². The first kappa shape index (κ1) is 18.6. The van der Waals surface area contributed by atoms with Crippen LogP contribution >= 0.6 is 0 Å². The van der Waals surface area contributed by atoms with Crippen molar-refractivity contribution in [2.45, 2.75) is 20.5 Å². The van der Waals surface area contributed by atoms with Gasteiger partial charge in [0.15, 0.2) is 0 Å². The maximum absolute atomic E-state index is 12.3. The Morgan fingerprint density at radius 3 is 2.31 bits per heavy atom. The predicted molar refractivity (Wildman–Crippen MR) is 104 cm³/mol. The van der Waals surface area contributed by atoms with E-state index in [1.807, 2.05) is 19.9 Å². The molecule has 0 radical (unpaired) electrons. The molecular weight excluding hydrogens is 374 g/mol. The van der Waals surface area contributed by atoms with E-state index in [1.165, 1.54) is 6.07 Å². The molecular formula is C22H17NO6. The number of hydrogen-bond acceptors (Lipinski definition) is 6. The summed E-state index contributed by atoms with van der Waals surface area (Å²) in [6.07, 6.45) is 0. The zero-order valence-corrected chi connectivity index (χ0v) is 15.9. The minimum absolute atomic E-state index is 0.174. The minimum Gasteiger partial charge on any atom is -0.459 e. The van der Waals surface area contributed by atoms with E-state index in [9.17, 15) is 19.2 Å². The second kappa shape index (κ2) is 7.01. The van der Waals surface area contributed by atoms with Gasteiger partial charge in [0.2, 0.25) is 0 Å². The van der Waals surface area contributed by atoms with Crippen molar-refractivity contribution >= 4 is 28.8 Å². The van der Waals surface area contributed by atoms with Gasteiger partial charge < -0.3 is 9.15 Å². The molecule has 1 aliphatic heterocycles. The molecule has 7 heteroatoms. The second-order valence-corrected chi connectivity index (χ2v) is 6.88. The first-order chi connectivity index (χ1) is 13.9. The fraction of sp³-hybridized carbons (Fsp3) is 0.182. The Kier molecular flexibility index (Phi) is 4.50. The highest BCUT2D eigenvalue weighted by Crippen LogP contribution is 2.24. The Bertz CT molecular complexity index is 1200. The Balaban J connectivity index is 1.51. The number of amides is 2. The Morgan fingerprint density at radius 2 is 1.66 bits per heavy atom. The number of aryl methyl sites for hydroxylation is 2. The minimum atomic E-state index is -0.746. The van der Waals surface area contributed by atoms with Crippen LogP contribution in [-0.4, -0.2) is 29.2 Å². The molecule has 2 heterocycles. The average Bonchev–Trinajstić information content (AvgIpc) is 2.94. The number of ether oxygens (including phenoxy) is 1. The highest BCUT2D eigenvalue weighted by atomic mass is 16.5. The van der Waals surface area contributed by atoms with E-state index in [0.29, 0.717) is 16.5 Å². The van der Waals surface area contributed by atoms with E-state index >= 15 is 0 Å². The summed E-state index contributed by atoms with van der Waals surface area (Å²) in [5.41, 5.74) is 2.74. The van der Waals surface area contributed by atoms with E-state index in [-0.39, 0.29) is 17.7 Å². The van der Waals surface area contributed by atoms with Crippen molar-refractivity contribution in [2.75, 3.05) is 6.54 Å². The second-order valence-electron chi connectivity index (χ2n) is 6.88. The third kappa shape index (κ3) is 3.20. The predicted octanol–water partition coefficient (Wildman–Crippen LogP) is 2.75. The molecule has 146 valence electrons. The van der Waals surface area contributed by atoms with E-state index in [1.54, 1.807) is 30.3 Å². The van der Waals surface area contributed by atoms with Gasteiger partial charge >= 0.3 is 11.6 Å². The van der Waals surface area contributed by atoms with Gasteiger partial charge in [-0.3, -0.25) is 19.3 Å². The summed E-state index contributed by atoms with van der Waals surface area (Å²) in [7, 11) is 0. The lowest BCUT2D eigenvalue weighted by Crippen LogP contribution is -2.35. The molecule has 4 rings (SSSR count). The summed E-state index contributed by atoms with van der Waals surface area (Å²) < 4.78 is 10.6. The Hall–Kier alpha value is -3.74. The molecule has 0 saturated heterocycles. The molecule has 29 heavy (non-hydrogen) atoms. The number of esters is 1. The molecule has 0 spiro atoms. The summed E-state index contributed by atoms with van der Waals surface area (Å²) >= 11 is 0. The van der Waals surface area contributed by atoms with E-state index < -0.39 is 30.0 Å². The molecule has 0 unspecified atom stereocenters. The largest absolute Gasteiger partial charge is 0.459 e. The molecule has 0 fully saturated rings. The zero-order chi connectivity index (χ0) is 20.7. The lowest BCUT2D eigenvalue weighted by atomic mass is 10.0. The maximum atomic E-state index is 12.3. The molecule has 0 atom stereocenters. The van der Waals surface area contributed by atoms with Crippen molar-refractivity contribution in [2.24, 2.45) is 0 Å². The fourth-order valence-corrected chi connectivity index (χ4v) is 3.36. The summed E-state index contributed by atoms with van der Waals surface area (Å²) in [4.78, 5) is 49.7. The topological polar surface area (TPSA) is 93.9 Å². The van der Waals surface area contributed by atoms with Gasteiger partial charge in [0.1, 0.15) is 18.7 Å². The van der Waals surface area contributed by atoms with E-state index in [2.05, 4.69) is 0 Å². The van der Waals surface area contributed by atoms with Crippen LogP contribution in [0.25, 0.3) is 11.0 Å². The molecule has 0 bridgehead atoms. The quantitative estimate of drug-likeness (QED) is 0.386. The van der Waals surface area contributed by atoms with Crippen LogP contribution in [-0.2, 0) is 16.1 Å². The summed E-state index contributed by atoms with van der Waals surface area (Å²) in [5, 5.41) is 0.668. The molecule has 2 aromatic carbocycles. The number of imide groups is 1. The van der Waals surface area contributed by atoms with Crippen LogP contribution in [0.2, 0.25) is 0 Å². The lowest BCUT2D eigenvalue weighted by Gasteiger charge is -2.14. The summed E-state index contributed by atoms with van der Waals surface area (Å²) in [6.45, 7) is 3.08. The van der Waals surface area contributed by atoms with Crippen LogP contribution in [0.15, 0.2) is 51.7 Å². The molecule has 0 aliphatic carbocycles. The average molecular weight is 391 g/mol. The van der Waals surface area contributed by atoms with E-state index in [0.717, 1.165) is 16.0 Å². The van der Waals surface area contributed by atoms with Gasteiger partial charge in [0.25, 0.3) is 11.8 Å². The van der Waals surface area contributed by atoms with Crippen LogP contribution in [0.5, 0.6) is 0 Å². The highest BCUT2D eigenvalue weighted by molar-refractivity contribution is 6.22. The number of carbonyl (C=O) groups is 3. The Labute approximate surface area is 165 Å². The van der Waals surface area contributed by atoms with Crippen LogP contribution in [0.3, 0.4) is 0 Å². The van der Waals surface area contributed by atoms with Gasteiger partial charge in [-0.1, -0.05) is 24.3 Å². The number of fused-ring (bicyclic) bond motifs is 2. The van der Waals surface area contributed by atoms with Crippen LogP contribution < -0.4 is 5.63 Å². The fourth-order valence-electron chi connectivity index (χ4n) is 3.36. The third-order valence-electron chi connectivity index (χ3n) is 5.07. The SMILES string of the molecule is Cc1ccc2c(COC(=O)CN3C(=O)c4ccccc4C3=O)cc(=O)oc2c1C. The molecule has 0 saturated carbocycles. The standard InChI is InChI=1S/C22H17NO6/c1-12-7-8-15-14(9-18(24)29-20(15)13(12)2)11-28-19(25)10-23-21(26)16-5-3-4-6-17(16)22(23)27/h3-9H,10-11H2,1-2H3. The molecule has 1 aromatic heterocycles. The molecule has 3 aromatic rings. The molecule has 1 aliphatic rings. The number of carbonyl (C=O) groups excluding carboxylic acids is 3.